The molecule has 2 N–H and O–H groups in total. The number of carbonyl (C=O) groups excluding carboxylic acids is 1. The zero-order chi connectivity index (χ0) is 16.7. The summed E-state index contributed by atoms with van der Waals surface area (Å²) < 4.78 is 13.1. The van der Waals surface area contributed by atoms with E-state index in [1.54, 1.807) is 6.07 Å². The SMILES string of the molecule is CC1CCN(C(C)CNC(=O)NCCc2cccc(F)c2)CC1. The van der Waals surface area contributed by atoms with Crippen molar-refractivity contribution in [1.82, 2.24) is 15.5 Å². The van der Waals surface area contributed by atoms with Gasteiger partial charge in [0.25, 0.3) is 0 Å². The largest absolute Gasteiger partial charge is 0.338 e. The summed E-state index contributed by atoms with van der Waals surface area (Å²) in [6.45, 7) is 7.84. The number of nitrogens with zero attached hydrogens (tertiary/aromatic N) is 1. The fourth-order valence-corrected chi connectivity index (χ4v) is 2.91. The van der Waals surface area contributed by atoms with Crippen LogP contribution in [-0.2, 0) is 6.42 Å². The van der Waals surface area contributed by atoms with Gasteiger partial charge in [-0.3, -0.25) is 4.90 Å². The van der Waals surface area contributed by atoms with Crippen molar-refractivity contribution in [3.05, 3.63) is 35.6 Å². The zero-order valence-corrected chi connectivity index (χ0v) is 14.1. The summed E-state index contributed by atoms with van der Waals surface area (Å²) >= 11 is 0. The van der Waals surface area contributed by atoms with Gasteiger partial charge in [0, 0.05) is 19.1 Å². The first kappa shape index (κ1) is 17.7. The van der Waals surface area contributed by atoms with Crippen LogP contribution in [0.2, 0.25) is 0 Å². The van der Waals surface area contributed by atoms with Crippen LogP contribution in [0.1, 0.15) is 32.3 Å². The number of halogens is 1. The molecule has 2 amide bonds. The van der Waals surface area contributed by atoms with Crippen LogP contribution < -0.4 is 10.6 Å². The molecule has 128 valence electrons. The van der Waals surface area contributed by atoms with Gasteiger partial charge in [-0.2, -0.15) is 0 Å². The van der Waals surface area contributed by atoms with Gasteiger partial charge >= 0.3 is 6.03 Å². The van der Waals surface area contributed by atoms with Crippen molar-refractivity contribution < 1.29 is 9.18 Å². The lowest BCUT2D eigenvalue weighted by atomic mass is 9.98. The molecule has 0 saturated carbocycles. The lowest BCUT2D eigenvalue weighted by Crippen LogP contribution is -2.47. The van der Waals surface area contributed by atoms with E-state index in [-0.39, 0.29) is 11.8 Å². The van der Waals surface area contributed by atoms with Crippen molar-refractivity contribution in [3.8, 4) is 0 Å². The molecule has 0 aliphatic carbocycles. The van der Waals surface area contributed by atoms with Crippen LogP contribution in [0, 0.1) is 11.7 Å². The van der Waals surface area contributed by atoms with Gasteiger partial charge in [0.15, 0.2) is 0 Å². The number of hydrogen-bond donors (Lipinski definition) is 2. The summed E-state index contributed by atoms with van der Waals surface area (Å²) in [5.41, 5.74) is 0.890. The Labute approximate surface area is 138 Å². The summed E-state index contributed by atoms with van der Waals surface area (Å²) in [6.07, 6.45) is 3.11. The van der Waals surface area contributed by atoms with Crippen molar-refractivity contribution in [2.45, 2.75) is 39.2 Å². The molecule has 1 heterocycles. The Bertz CT molecular complexity index is 501. The minimum absolute atomic E-state index is 0.154. The third kappa shape index (κ3) is 6.18. The second kappa shape index (κ2) is 8.87. The molecular formula is C18H28FN3O. The van der Waals surface area contributed by atoms with Crippen LogP contribution in [0.3, 0.4) is 0 Å². The quantitative estimate of drug-likeness (QED) is 0.846. The Morgan fingerprint density at radius 1 is 1.35 bits per heavy atom. The van der Waals surface area contributed by atoms with Crippen molar-refractivity contribution in [2.24, 2.45) is 5.92 Å². The van der Waals surface area contributed by atoms with E-state index >= 15 is 0 Å². The molecule has 1 fully saturated rings. The Morgan fingerprint density at radius 2 is 2.09 bits per heavy atom. The van der Waals surface area contributed by atoms with Crippen LogP contribution in [0.15, 0.2) is 24.3 Å². The number of piperidine rings is 1. The van der Waals surface area contributed by atoms with E-state index in [0.717, 1.165) is 24.6 Å². The van der Waals surface area contributed by atoms with Crippen LogP contribution >= 0.6 is 0 Å². The lowest BCUT2D eigenvalue weighted by Gasteiger charge is -2.34. The Morgan fingerprint density at radius 3 is 2.78 bits per heavy atom. The van der Waals surface area contributed by atoms with Crippen LogP contribution in [0.25, 0.3) is 0 Å². The summed E-state index contributed by atoms with van der Waals surface area (Å²) in [7, 11) is 0. The van der Waals surface area contributed by atoms with Gasteiger partial charge < -0.3 is 10.6 Å². The first-order valence-corrected chi connectivity index (χ1v) is 8.55. The molecular weight excluding hydrogens is 293 g/mol. The second-order valence-corrected chi connectivity index (χ2v) is 6.58. The molecule has 0 bridgehead atoms. The highest BCUT2D eigenvalue weighted by molar-refractivity contribution is 5.73. The zero-order valence-electron chi connectivity index (χ0n) is 14.1. The monoisotopic (exact) mass is 321 g/mol. The van der Waals surface area contributed by atoms with Gasteiger partial charge in [0.2, 0.25) is 0 Å². The molecule has 1 aliphatic heterocycles. The highest BCUT2D eigenvalue weighted by atomic mass is 19.1. The van der Waals surface area contributed by atoms with Gasteiger partial charge in [-0.05, 0) is 62.9 Å². The van der Waals surface area contributed by atoms with E-state index < -0.39 is 0 Å². The predicted molar refractivity (Wildman–Crippen MR) is 90.9 cm³/mol. The smallest absolute Gasteiger partial charge is 0.314 e. The average molecular weight is 321 g/mol. The topological polar surface area (TPSA) is 44.4 Å². The molecule has 2 rings (SSSR count). The number of hydrogen-bond acceptors (Lipinski definition) is 2. The summed E-state index contributed by atoms with van der Waals surface area (Å²) in [6, 6.07) is 6.68. The minimum Gasteiger partial charge on any atom is -0.338 e. The number of nitrogens with one attached hydrogen (secondary N) is 2. The Kier molecular flexibility index (Phi) is 6.84. The molecule has 1 aromatic carbocycles. The molecule has 0 radical (unpaired) electrons. The molecule has 5 heteroatoms. The van der Waals surface area contributed by atoms with Crippen LogP contribution in [-0.4, -0.2) is 43.2 Å². The van der Waals surface area contributed by atoms with Crippen LogP contribution in [0.5, 0.6) is 0 Å². The number of benzene rings is 1. The van der Waals surface area contributed by atoms with E-state index in [4.69, 9.17) is 0 Å². The summed E-state index contributed by atoms with van der Waals surface area (Å²) in [5.74, 6) is 0.578. The maximum Gasteiger partial charge on any atom is 0.314 e. The predicted octanol–water partition coefficient (Wildman–Crippen LogP) is 2.79. The third-order valence-corrected chi connectivity index (χ3v) is 4.59. The first-order chi connectivity index (χ1) is 11.0. The van der Waals surface area contributed by atoms with Crippen molar-refractivity contribution in [2.75, 3.05) is 26.2 Å². The number of amides is 2. The van der Waals surface area contributed by atoms with Gasteiger partial charge in [-0.1, -0.05) is 19.1 Å². The van der Waals surface area contributed by atoms with E-state index in [9.17, 15) is 9.18 Å². The van der Waals surface area contributed by atoms with Gasteiger partial charge in [-0.15, -0.1) is 0 Å². The molecule has 1 aliphatic rings. The number of rotatable bonds is 6. The molecule has 1 saturated heterocycles. The fraction of sp³-hybridized carbons (Fsp3) is 0.611. The van der Waals surface area contributed by atoms with Crippen molar-refractivity contribution in [3.63, 3.8) is 0 Å². The normalized spacial score (nSPS) is 17.7. The molecule has 0 spiro atoms. The van der Waals surface area contributed by atoms with E-state index in [1.807, 2.05) is 6.07 Å². The number of likely N-dealkylation sites (tertiary alicyclic amines) is 1. The summed E-state index contributed by atoms with van der Waals surface area (Å²) in [4.78, 5) is 14.3. The van der Waals surface area contributed by atoms with E-state index in [1.165, 1.54) is 25.0 Å². The standard InChI is InChI=1S/C18H28FN3O/c1-14-7-10-22(11-8-14)15(2)13-21-18(23)20-9-6-16-4-3-5-17(19)12-16/h3-5,12,14-15H,6-11,13H2,1-2H3,(H2,20,21,23). The highest BCUT2D eigenvalue weighted by Gasteiger charge is 2.20. The van der Waals surface area contributed by atoms with E-state index in [2.05, 4.69) is 29.4 Å². The molecule has 0 aromatic heterocycles. The molecule has 4 nitrogen and oxygen atoms in total. The summed E-state index contributed by atoms with van der Waals surface area (Å²) in [5, 5.41) is 5.75. The van der Waals surface area contributed by atoms with Crippen molar-refractivity contribution >= 4 is 6.03 Å². The second-order valence-electron chi connectivity index (χ2n) is 6.58. The minimum atomic E-state index is -0.239. The third-order valence-electron chi connectivity index (χ3n) is 4.59. The van der Waals surface area contributed by atoms with Gasteiger partial charge in [0.05, 0.1) is 0 Å². The average Bonchev–Trinajstić information content (AvgIpc) is 2.53. The number of urea groups is 1. The van der Waals surface area contributed by atoms with Crippen molar-refractivity contribution in [1.29, 1.82) is 0 Å². The maximum atomic E-state index is 13.1. The fourth-order valence-electron chi connectivity index (χ4n) is 2.91. The Balaban J connectivity index is 1.61. The highest BCUT2D eigenvalue weighted by Crippen LogP contribution is 2.17. The first-order valence-electron chi connectivity index (χ1n) is 8.55. The number of carbonyl (C=O) groups is 1. The van der Waals surface area contributed by atoms with E-state index in [0.29, 0.717) is 25.6 Å². The van der Waals surface area contributed by atoms with Gasteiger partial charge in [0.1, 0.15) is 5.82 Å². The van der Waals surface area contributed by atoms with Gasteiger partial charge in [-0.25, -0.2) is 9.18 Å². The molecule has 1 unspecified atom stereocenters. The molecule has 23 heavy (non-hydrogen) atoms. The molecule has 1 aromatic rings. The van der Waals surface area contributed by atoms with Crippen LogP contribution in [0.4, 0.5) is 9.18 Å². The maximum absolute atomic E-state index is 13.1. The Hall–Kier alpha value is -1.62. The lowest BCUT2D eigenvalue weighted by molar-refractivity contribution is 0.145. The molecule has 1 atom stereocenters.